The van der Waals surface area contributed by atoms with Gasteiger partial charge in [0.15, 0.2) is 5.82 Å². The SMILES string of the molecule is CN1CCC(Nc2nc(-c3ccccn3)nc3c2CCNCC3)C1=O. The quantitative estimate of drug-likeness (QED) is 0.864. The number of hydrogen-bond donors (Lipinski definition) is 2. The normalized spacial score (nSPS) is 20.3. The summed E-state index contributed by atoms with van der Waals surface area (Å²) in [5.74, 6) is 1.52. The first-order valence-electron chi connectivity index (χ1n) is 8.76. The summed E-state index contributed by atoms with van der Waals surface area (Å²) >= 11 is 0. The Morgan fingerprint density at radius 3 is 2.88 bits per heavy atom. The van der Waals surface area contributed by atoms with Crippen molar-refractivity contribution in [3.63, 3.8) is 0 Å². The van der Waals surface area contributed by atoms with Crippen molar-refractivity contribution in [1.82, 2.24) is 25.2 Å². The van der Waals surface area contributed by atoms with E-state index in [0.717, 1.165) is 61.7 Å². The van der Waals surface area contributed by atoms with E-state index >= 15 is 0 Å². The van der Waals surface area contributed by atoms with Crippen LogP contribution in [0.5, 0.6) is 0 Å². The molecule has 7 heteroatoms. The van der Waals surface area contributed by atoms with Gasteiger partial charge in [-0.1, -0.05) is 6.07 Å². The monoisotopic (exact) mass is 338 g/mol. The molecule has 1 saturated heterocycles. The number of likely N-dealkylation sites (N-methyl/N-ethyl adjacent to an activating group) is 1. The third-order valence-electron chi connectivity index (χ3n) is 4.82. The minimum absolute atomic E-state index is 0.124. The molecule has 1 unspecified atom stereocenters. The third-order valence-corrected chi connectivity index (χ3v) is 4.82. The average molecular weight is 338 g/mol. The zero-order valence-electron chi connectivity index (χ0n) is 14.3. The van der Waals surface area contributed by atoms with Crippen molar-refractivity contribution < 1.29 is 4.79 Å². The zero-order chi connectivity index (χ0) is 17.2. The molecule has 2 aromatic rings. The van der Waals surface area contributed by atoms with E-state index in [9.17, 15) is 4.79 Å². The fourth-order valence-electron chi connectivity index (χ4n) is 3.40. The standard InChI is InChI=1S/C18H22N6O/c1-24-11-7-15(18(24)25)22-16-12-5-9-19-10-6-13(12)21-17(23-16)14-4-2-3-8-20-14/h2-4,8,15,19H,5-7,9-11H2,1H3,(H,21,22,23). The van der Waals surface area contributed by atoms with E-state index < -0.39 is 0 Å². The molecule has 0 saturated carbocycles. The van der Waals surface area contributed by atoms with E-state index in [1.54, 1.807) is 11.1 Å². The molecule has 2 aromatic heterocycles. The van der Waals surface area contributed by atoms with Gasteiger partial charge in [-0.3, -0.25) is 9.78 Å². The Hall–Kier alpha value is -2.54. The van der Waals surface area contributed by atoms with Gasteiger partial charge < -0.3 is 15.5 Å². The zero-order valence-corrected chi connectivity index (χ0v) is 14.3. The molecule has 1 amide bonds. The molecule has 0 radical (unpaired) electrons. The van der Waals surface area contributed by atoms with Crippen LogP contribution in [0, 0.1) is 0 Å². The first-order chi connectivity index (χ1) is 12.2. The van der Waals surface area contributed by atoms with E-state index in [0.29, 0.717) is 5.82 Å². The van der Waals surface area contributed by atoms with Crippen LogP contribution in [0.2, 0.25) is 0 Å². The number of pyridine rings is 1. The summed E-state index contributed by atoms with van der Waals surface area (Å²) in [5.41, 5.74) is 2.91. The van der Waals surface area contributed by atoms with Crippen LogP contribution in [0.4, 0.5) is 5.82 Å². The largest absolute Gasteiger partial charge is 0.358 e. The number of amides is 1. The highest BCUT2D eigenvalue weighted by molar-refractivity contribution is 5.86. The van der Waals surface area contributed by atoms with Crippen molar-refractivity contribution in [3.8, 4) is 11.5 Å². The van der Waals surface area contributed by atoms with Gasteiger partial charge >= 0.3 is 0 Å². The van der Waals surface area contributed by atoms with Crippen molar-refractivity contribution in [3.05, 3.63) is 35.7 Å². The first kappa shape index (κ1) is 16.0. The second-order valence-electron chi connectivity index (χ2n) is 6.53. The van der Waals surface area contributed by atoms with Crippen LogP contribution in [0.15, 0.2) is 24.4 Å². The summed E-state index contributed by atoms with van der Waals surface area (Å²) in [6, 6.07) is 5.51. The summed E-state index contributed by atoms with van der Waals surface area (Å²) in [5, 5.41) is 6.79. The summed E-state index contributed by atoms with van der Waals surface area (Å²) < 4.78 is 0. The molecule has 2 aliphatic heterocycles. The van der Waals surface area contributed by atoms with Crippen molar-refractivity contribution >= 4 is 11.7 Å². The van der Waals surface area contributed by atoms with E-state index in [-0.39, 0.29) is 11.9 Å². The Labute approximate surface area is 146 Å². The molecule has 0 spiro atoms. The fraction of sp³-hybridized carbons (Fsp3) is 0.444. The predicted molar refractivity (Wildman–Crippen MR) is 95.2 cm³/mol. The maximum atomic E-state index is 12.3. The summed E-state index contributed by atoms with van der Waals surface area (Å²) in [7, 11) is 1.84. The predicted octanol–water partition coefficient (Wildman–Crippen LogP) is 0.869. The molecule has 1 fully saturated rings. The van der Waals surface area contributed by atoms with Gasteiger partial charge in [0, 0.05) is 38.3 Å². The summed E-state index contributed by atoms with van der Waals surface area (Å²) in [4.78, 5) is 27.9. The number of nitrogens with zero attached hydrogens (tertiary/aromatic N) is 4. The molecule has 0 aromatic carbocycles. The highest BCUT2D eigenvalue weighted by atomic mass is 16.2. The molecule has 2 N–H and O–H groups in total. The molecule has 130 valence electrons. The number of nitrogens with one attached hydrogen (secondary N) is 2. The average Bonchev–Trinajstić information content (AvgIpc) is 2.84. The Morgan fingerprint density at radius 1 is 1.24 bits per heavy atom. The lowest BCUT2D eigenvalue weighted by atomic mass is 10.1. The molecular formula is C18H22N6O. The van der Waals surface area contributed by atoms with Crippen molar-refractivity contribution in [2.45, 2.75) is 25.3 Å². The van der Waals surface area contributed by atoms with E-state index in [1.807, 2.05) is 25.2 Å². The van der Waals surface area contributed by atoms with Crippen molar-refractivity contribution in [2.75, 3.05) is 32.0 Å². The molecule has 1 atom stereocenters. The van der Waals surface area contributed by atoms with Crippen LogP contribution >= 0.6 is 0 Å². The van der Waals surface area contributed by atoms with Crippen LogP contribution in [0.3, 0.4) is 0 Å². The van der Waals surface area contributed by atoms with Gasteiger partial charge in [-0.05, 0) is 31.5 Å². The van der Waals surface area contributed by atoms with Crippen LogP contribution in [-0.2, 0) is 17.6 Å². The van der Waals surface area contributed by atoms with Crippen molar-refractivity contribution in [1.29, 1.82) is 0 Å². The Morgan fingerprint density at radius 2 is 2.12 bits per heavy atom. The minimum Gasteiger partial charge on any atom is -0.358 e. The maximum Gasteiger partial charge on any atom is 0.244 e. The third kappa shape index (κ3) is 3.19. The number of hydrogen-bond acceptors (Lipinski definition) is 6. The van der Waals surface area contributed by atoms with Crippen LogP contribution < -0.4 is 10.6 Å². The highest BCUT2D eigenvalue weighted by Crippen LogP contribution is 2.25. The number of carbonyl (C=O) groups is 1. The molecule has 0 aliphatic carbocycles. The molecule has 7 nitrogen and oxygen atoms in total. The van der Waals surface area contributed by atoms with Crippen molar-refractivity contribution in [2.24, 2.45) is 0 Å². The van der Waals surface area contributed by atoms with E-state index in [2.05, 4.69) is 15.6 Å². The molecule has 2 aliphatic rings. The van der Waals surface area contributed by atoms with Gasteiger partial charge in [0.25, 0.3) is 0 Å². The number of anilines is 1. The molecule has 4 rings (SSSR count). The van der Waals surface area contributed by atoms with Gasteiger partial charge in [-0.15, -0.1) is 0 Å². The number of fused-ring (bicyclic) bond motifs is 1. The van der Waals surface area contributed by atoms with Crippen LogP contribution in [-0.4, -0.2) is 58.5 Å². The molecule has 4 heterocycles. The number of aromatic nitrogens is 3. The lowest BCUT2D eigenvalue weighted by molar-refractivity contribution is -0.127. The lowest BCUT2D eigenvalue weighted by Gasteiger charge is -2.18. The first-order valence-corrected chi connectivity index (χ1v) is 8.76. The maximum absolute atomic E-state index is 12.3. The minimum atomic E-state index is -0.211. The topological polar surface area (TPSA) is 83.0 Å². The van der Waals surface area contributed by atoms with E-state index in [1.165, 1.54) is 0 Å². The van der Waals surface area contributed by atoms with Gasteiger partial charge in [-0.2, -0.15) is 0 Å². The Bertz CT molecular complexity index is 779. The van der Waals surface area contributed by atoms with Gasteiger partial charge in [0.1, 0.15) is 17.6 Å². The van der Waals surface area contributed by atoms with Crippen LogP contribution in [0.25, 0.3) is 11.5 Å². The van der Waals surface area contributed by atoms with Gasteiger partial charge in [0.05, 0.1) is 5.69 Å². The van der Waals surface area contributed by atoms with E-state index in [4.69, 9.17) is 9.97 Å². The Kier molecular flexibility index (Phi) is 4.31. The molecule has 0 bridgehead atoms. The number of carbonyl (C=O) groups excluding carboxylic acids is 1. The lowest BCUT2D eigenvalue weighted by Crippen LogP contribution is -2.32. The number of rotatable bonds is 3. The second kappa shape index (κ2) is 6.76. The highest BCUT2D eigenvalue weighted by Gasteiger charge is 2.30. The molecular weight excluding hydrogens is 316 g/mol. The summed E-state index contributed by atoms with van der Waals surface area (Å²) in [6.07, 6.45) is 4.25. The summed E-state index contributed by atoms with van der Waals surface area (Å²) in [6.45, 7) is 2.57. The Balaban J connectivity index is 1.74. The number of likely N-dealkylation sites (tertiary alicyclic amines) is 1. The van der Waals surface area contributed by atoms with Crippen LogP contribution in [0.1, 0.15) is 17.7 Å². The van der Waals surface area contributed by atoms with Gasteiger partial charge in [-0.25, -0.2) is 9.97 Å². The second-order valence-corrected chi connectivity index (χ2v) is 6.53. The molecule has 25 heavy (non-hydrogen) atoms. The smallest absolute Gasteiger partial charge is 0.244 e. The fourth-order valence-corrected chi connectivity index (χ4v) is 3.40. The van der Waals surface area contributed by atoms with Gasteiger partial charge in [0.2, 0.25) is 5.91 Å².